The second-order valence-corrected chi connectivity index (χ2v) is 6.18. The van der Waals surface area contributed by atoms with E-state index in [9.17, 15) is 0 Å². The van der Waals surface area contributed by atoms with Gasteiger partial charge < -0.3 is 0 Å². The van der Waals surface area contributed by atoms with Crippen LogP contribution in [-0.2, 0) is 0 Å². The molecule has 12 heavy (non-hydrogen) atoms. The molecular formula is C9H11BBr2. The highest BCUT2D eigenvalue weighted by atomic mass is 79.9. The van der Waals surface area contributed by atoms with Gasteiger partial charge in [-0.25, -0.2) is 0 Å². The summed E-state index contributed by atoms with van der Waals surface area (Å²) in [5.41, 5.74) is 2.65. The van der Waals surface area contributed by atoms with Gasteiger partial charge in [-0.2, -0.15) is 0 Å². The highest BCUT2D eigenvalue weighted by molar-refractivity contribution is 9.49. The fourth-order valence-electron chi connectivity index (χ4n) is 1.03. The Morgan fingerprint density at radius 2 is 1.58 bits per heavy atom. The Balaban J connectivity index is 2.86. The first kappa shape index (κ1) is 10.3. The maximum absolute atomic E-state index is 3.46. The van der Waals surface area contributed by atoms with Crippen LogP contribution >= 0.6 is 31.5 Å². The molecule has 0 fully saturated rings. The van der Waals surface area contributed by atoms with E-state index >= 15 is 0 Å². The first-order valence-corrected chi connectivity index (χ1v) is 5.82. The molecule has 1 aromatic carbocycles. The van der Waals surface area contributed by atoms with Crippen LogP contribution in [0.5, 0.6) is 0 Å². The summed E-state index contributed by atoms with van der Waals surface area (Å²) in [5, 5.41) is 0. The fourth-order valence-corrected chi connectivity index (χ4v) is 1.64. The predicted octanol–water partition coefficient (Wildman–Crippen LogP) is 3.30. The summed E-state index contributed by atoms with van der Waals surface area (Å²) in [6.45, 7) is 4.41. The van der Waals surface area contributed by atoms with Gasteiger partial charge in [-0.05, 0) is 11.5 Å². The summed E-state index contributed by atoms with van der Waals surface area (Å²) in [5.74, 6) is 0.614. The van der Waals surface area contributed by atoms with Gasteiger partial charge in [-0.15, -0.1) is 31.5 Å². The third-order valence-corrected chi connectivity index (χ3v) is 2.91. The van der Waals surface area contributed by atoms with Crippen LogP contribution in [0.25, 0.3) is 0 Å². The van der Waals surface area contributed by atoms with Gasteiger partial charge >= 0.3 is 4.36 Å². The molecule has 1 rings (SSSR count). The summed E-state index contributed by atoms with van der Waals surface area (Å²) >= 11 is 6.92. The lowest BCUT2D eigenvalue weighted by Crippen LogP contribution is -2.16. The van der Waals surface area contributed by atoms with Crippen molar-refractivity contribution >= 4 is 41.3 Å². The van der Waals surface area contributed by atoms with Gasteiger partial charge in [0, 0.05) is 0 Å². The van der Waals surface area contributed by atoms with E-state index in [1.165, 1.54) is 11.0 Å². The minimum Gasteiger partial charge on any atom is -0.132 e. The lowest BCUT2D eigenvalue weighted by Gasteiger charge is -2.05. The maximum atomic E-state index is 3.46. The van der Waals surface area contributed by atoms with Crippen LogP contribution in [-0.4, -0.2) is 4.36 Å². The molecule has 0 aliphatic carbocycles. The summed E-state index contributed by atoms with van der Waals surface area (Å²) in [6, 6.07) is 8.64. The van der Waals surface area contributed by atoms with E-state index in [1.807, 2.05) is 0 Å². The molecule has 64 valence electrons. The Morgan fingerprint density at radius 3 is 1.92 bits per heavy atom. The lowest BCUT2D eigenvalue weighted by molar-refractivity contribution is 0.867. The van der Waals surface area contributed by atoms with Crippen LogP contribution in [0.3, 0.4) is 0 Å². The third kappa shape index (κ3) is 2.63. The average Bonchev–Trinajstić information content (AvgIpc) is 2.04. The molecule has 0 saturated carbocycles. The Bertz CT molecular complexity index is 214. The number of hydrogen-bond acceptors (Lipinski definition) is 0. The van der Waals surface area contributed by atoms with Crippen molar-refractivity contribution in [3.8, 4) is 0 Å². The van der Waals surface area contributed by atoms with E-state index < -0.39 is 0 Å². The van der Waals surface area contributed by atoms with Gasteiger partial charge in [0.25, 0.3) is 0 Å². The van der Waals surface area contributed by atoms with Crippen LogP contribution in [0.1, 0.15) is 25.3 Å². The Kier molecular flexibility index (Phi) is 3.85. The third-order valence-electron chi connectivity index (χ3n) is 1.86. The van der Waals surface area contributed by atoms with Gasteiger partial charge in [0.1, 0.15) is 0 Å². The van der Waals surface area contributed by atoms with Crippen molar-refractivity contribution < 1.29 is 0 Å². The summed E-state index contributed by atoms with van der Waals surface area (Å²) < 4.78 is 0.270. The zero-order chi connectivity index (χ0) is 9.14. The van der Waals surface area contributed by atoms with E-state index in [4.69, 9.17) is 0 Å². The monoisotopic (exact) mass is 288 g/mol. The first-order valence-electron chi connectivity index (χ1n) is 3.99. The molecule has 0 aliphatic heterocycles. The minimum absolute atomic E-state index is 0.270. The van der Waals surface area contributed by atoms with E-state index in [0.29, 0.717) is 5.92 Å². The normalized spacial score (nSPS) is 10.4. The second kappa shape index (κ2) is 4.47. The molecule has 0 aliphatic rings. The van der Waals surface area contributed by atoms with Gasteiger partial charge in [0.05, 0.1) is 0 Å². The van der Waals surface area contributed by atoms with Crippen LogP contribution in [0.15, 0.2) is 24.3 Å². The van der Waals surface area contributed by atoms with Gasteiger partial charge in [0.2, 0.25) is 0 Å². The topological polar surface area (TPSA) is 0 Å². The zero-order valence-electron chi connectivity index (χ0n) is 7.22. The molecule has 0 aromatic heterocycles. The molecule has 0 unspecified atom stereocenters. The van der Waals surface area contributed by atoms with E-state index in [-0.39, 0.29) is 4.36 Å². The Labute approximate surface area is 90.8 Å². The second-order valence-electron chi connectivity index (χ2n) is 3.12. The summed E-state index contributed by atoms with van der Waals surface area (Å²) in [6.07, 6.45) is 0. The highest BCUT2D eigenvalue weighted by Crippen LogP contribution is 2.13. The van der Waals surface area contributed by atoms with Crippen molar-refractivity contribution in [2.45, 2.75) is 19.8 Å². The van der Waals surface area contributed by atoms with Gasteiger partial charge in [0.15, 0.2) is 0 Å². The largest absolute Gasteiger partial charge is 0.329 e. The van der Waals surface area contributed by atoms with Crippen molar-refractivity contribution in [1.82, 2.24) is 0 Å². The van der Waals surface area contributed by atoms with Crippen molar-refractivity contribution in [3.05, 3.63) is 29.8 Å². The minimum atomic E-state index is 0.270. The van der Waals surface area contributed by atoms with Crippen LogP contribution in [0.2, 0.25) is 0 Å². The predicted molar refractivity (Wildman–Crippen MR) is 63.8 cm³/mol. The van der Waals surface area contributed by atoms with Gasteiger partial charge in [-0.1, -0.05) is 43.6 Å². The van der Waals surface area contributed by atoms with Crippen molar-refractivity contribution in [2.24, 2.45) is 0 Å². The van der Waals surface area contributed by atoms with Gasteiger partial charge in [-0.3, -0.25) is 0 Å². The highest BCUT2D eigenvalue weighted by Gasteiger charge is 2.07. The number of halogens is 2. The molecule has 0 amide bonds. The van der Waals surface area contributed by atoms with Crippen molar-refractivity contribution in [1.29, 1.82) is 0 Å². The van der Waals surface area contributed by atoms with Crippen molar-refractivity contribution in [3.63, 3.8) is 0 Å². The number of hydrogen-bond donors (Lipinski definition) is 0. The van der Waals surface area contributed by atoms with Crippen molar-refractivity contribution in [2.75, 3.05) is 0 Å². The molecule has 0 nitrogen and oxygen atoms in total. The smallest absolute Gasteiger partial charge is 0.132 e. The number of rotatable bonds is 2. The molecular weight excluding hydrogens is 279 g/mol. The zero-order valence-corrected chi connectivity index (χ0v) is 10.4. The standard InChI is InChI=1S/C9H11BBr2/c1-7(2)8-3-5-9(6-4-8)10(11)12/h3-7H,1-2H3. The molecule has 1 aromatic rings. The van der Waals surface area contributed by atoms with E-state index in [2.05, 4.69) is 69.6 Å². The van der Waals surface area contributed by atoms with Crippen LogP contribution in [0.4, 0.5) is 0 Å². The Hall–Kier alpha value is 0.245. The quantitative estimate of drug-likeness (QED) is 0.733. The summed E-state index contributed by atoms with van der Waals surface area (Å²) in [4.78, 5) is 0. The molecule has 0 radical (unpaired) electrons. The SMILES string of the molecule is CC(C)c1ccc(B(Br)Br)cc1. The molecule has 0 bridgehead atoms. The lowest BCUT2D eigenvalue weighted by atomic mass is 9.92. The van der Waals surface area contributed by atoms with E-state index in [0.717, 1.165) is 0 Å². The molecule has 0 spiro atoms. The molecule has 0 saturated heterocycles. The maximum Gasteiger partial charge on any atom is 0.329 e. The molecule has 0 N–H and O–H groups in total. The van der Waals surface area contributed by atoms with Crippen LogP contribution < -0.4 is 5.46 Å². The molecule has 0 atom stereocenters. The number of benzene rings is 1. The van der Waals surface area contributed by atoms with E-state index in [1.54, 1.807) is 0 Å². The average molecular weight is 290 g/mol. The molecule has 0 heterocycles. The molecule has 3 heteroatoms. The van der Waals surface area contributed by atoms with Crippen LogP contribution in [0, 0.1) is 0 Å². The first-order chi connectivity index (χ1) is 5.61. The fraction of sp³-hybridized carbons (Fsp3) is 0.333. The summed E-state index contributed by atoms with van der Waals surface area (Å²) in [7, 11) is 0. The Morgan fingerprint density at radius 1 is 1.08 bits per heavy atom.